The maximum Gasteiger partial charge on any atom is 0.420 e. The van der Waals surface area contributed by atoms with Crippen LogP contribution < -0.4 is 31.6 Å². The molecule has 1 unspecified atom stereocenters. The van der Waals surface area contributed by atoms with E-state index in [1.165, 1.54) is 6.20 Å². The molecule has 1 saturated heterocycles. The van der Waals surface area contributed by atoms with Crippen molar-refractivity contribution in [2.75, 3.05) is 62.3 Å². The van der Waals surface area contributed by atoms with Crippen LogP contribution in [0.25, 0.3) is 32.1 Å². The third-order valence-corrected chi connectivity index (χ3v) is 12.1. The van der Waals surface area contributed by atoms with Crippen LogP contribution in [-0.4, -0.2) is 65.8 Å². The molecule has 1 saturated carbocycles. The highest BCUT2D eigenvalue weighted by Gasteiger charge is 2.47. The molecule has 8 rings (SSSR count). The maximum absolute atomic E-state index is 17.6. The minimum atomic E-state index is -5.24. The number of hydrogen-bond donors (Lipinski definition) is 3. The molecule has 6 N–H and O–H groups in total. The number of aromatic nitrogens is 3. The van der Waals surface area contributed by atoms with E-state index in [1.54, 1.807) is 17.0 Å². The van der Waals surface area contributed by atoms with Gasteiger partial charge >= 0.3 is 12.2 Å². The number of likely N-dealkylation sites (tertiary alicyclic amines) is 1. The zero-order valence-electron chi connectivity index (χ0n) is 30.4. The number of hydrogen-bond acceptors (Lipinski definition) is 12. The van der Waals surface area contributed by atoms with E-state index in [1.807, 2.05) is 6.07 Å². The number of nitrogens with zero attached hydrogens (tertiary/aromatic N) is 6. The monoisotopic (exact) mass is 809 g/mol. The number of nitrogens with two attached hydrogens (primary N) is 3. The van der Waals surface area contributed by atoms with E-state index in [-0.39, 0.29) is 81.8 Å². The number of piperidine rings is 1. The summed E-state index contributed by atoms with van der Waals surface area (Å²) in [6.45, 7) is 1.93. The number of nitriles is 1. The molecule has 3 aliphatic rings. The molecule has 11 nitrogen and oxygen atoms in total. The molecule has 1 aliphatic carbocycles. The first kappa shape index (κ1) is 38.5. The number of anilines is 3. The van der Waals surface area contributed by atoms with Gasteiger partial charge in [0.15, 0.2) is 5.82 Å². The van der Waals surface area contributed by atoms with Crippen molar-refractivity contribution < 1.29 is 35.8 Å². The average molecular weight is 810 g/mol. The van der Waals surface area contributed by atoms with Gasteiger partial charge in [-0.15, -0.1) is 11.3 Å². The van der Waals surface area contributed by atoms with Gasteiger partial charge in [-0.2, -0.15) is 28.4 Å². The molecule has 298 valence electrons. The fourth-order valence-electron chi connectivity index (χ4n) is 8.04. The van der Waals surface area contributed by atoms with E-state index in [9.17, 15) is 9.65 Å². The summed E-state index contributed by atoms with van der Waals surface area (Å²) in [5.74, 6) is -2.94. The Bertz CT molecular complexity index is 2450. The Kier molecular flexibility index (Phi) is 10.0. The van der Waals surface area contributed by atoms with E-state index in [0.717, 1.165) is 30.5 Å². The lowest BCUT2D eigenvalue weighted by atomic mass is 9.91. The van der Waals surface area contributed by atoms with Crippen LogP contribution in [0.4, 0.5) is 43.0 Å². The number of halogens is 6. The first-order valence-electron chi connectivity index (χ1n) is 18.4. The number of rotatable bonds is 10. The topological polar surface area (TPSA) is 165 Å². The van der Waals surface area contributed by atoms with Crippen LogP contribution >= 0.6 is 11.3 Å². The lowest BCUT2D eigenvalue weighted by Gasteiger charge is -2.33. The van der Waals surface area contributed by atoms with Gasteiger partial charge in [0.25, 0.3) is 0 Å². The predicted molar refractivity (Wildman–Crippen MR) is 204 cm³/mol. The Hall–Kier alpha value is -5.38. The van der Waals surface area contributed by atoms with Crippen LogP contribution in [0.1, 0.15) is 54.8 Å². The summed E-state index contributed by atoms with van der Waals surface area (Å²) in [6, 6.07) is 6.14. The van der Waals surface area contributed by atoms with Crippen molar-refractivity contribution >= 4 is 49.0 Å². The van der Waals surface area contributed by atoms with E-state index in [2.05, 4.69) is 14.9 Å². The molecular weight excluding hydrogens is 773 g/mol. The van der Waals surface area contributed by atoms with Gasteiger partial charge in [0.1, 0.15) is 52.0 Å². The Morgan fingerprint density at radius 2 is 1.86 bits per heavy atom. The van der Waals surface area contributed by atoms with E-state index < -0.39 is 51.8 Å². The van der Waals surface area contributed by atoms with Crippen molar-refractivity contribution in [3.8, 4) is 29.0 Å². The third kappa shape index (κ3) is 6.91. The SMILES string of the molecule is N#Cc1c(N)sc2c(F)ccc(-c3c(C(F)(F)F)c4c5c(nc(OCC6(CN7CCC(=CF)CC7)CC6)nc5c3F)N(C(CCN)c3cccnc3N)CCO4)c12. The van der Waals surface area contributed by atoms with Crippen molar-refractivity contribution in [1.82, 2.24) is 19.9 Å². The van der Waals surface area contributed by atoms with Crippen molar-refractivity contribution in [3.63, 3.8) is 0 Å². The Morgan fingerprint density at radius 1 is 1.09 bits per heavy atom. The van der Waals surface area contributed by atoms with Crippen molar-refractivity contribution in [1.29, 1.82) is 5.26 Å². The highest BCUT2D eigenvalue weighted by atomic mass is 32.1. The van der Waals surface area contributed by atoms with Gasteiger partial charge in [0.05, 0.1) is 41.2 Å². The highest BCUT2D eigenvalue weighted by molar-refractivity contribution is 7.23. The molecule has 1 atom stereocenters. The molecule has 2 aliphatic heterocycles. The molecule has 0 spiro atoms. The maximum atomic E-state index is 17.6. The van der Waals surface area contributed by atoms with Crippen molar-refractivity contribution in [2.24, 2.45) is 11.1 Å². The van der Waals surface area contributed by atoms with Crippen LogP contribution in [0.5, 0.6) is 11.8 Å². The zero-order chi connectivity index (χ0) is 40.2. The van der Waals surface area contributed by atoms with E-state index in [4.69, 9.17) is 31.7 Å². The Labute approximate surface area is 326 Å². The third-order valence-electron chi connectivity index (χ3n) is 11.1. The molecule has 57 heavy (non-hydrogen) atoms. The second-order valence-corrected chi connectivity index (χ2v) is 15.7. The molecular formula is C39H37F6N9O2S. The number of nitrogen functional groups attached to an aromatic ring is 2. The number of pyridine rings is 1. The lowest BCUT2D eigenvalue weighted by Crippen LogP contribution is -2.37. The van der Waals surface area contributed by atoms with Crippen molar-refractivity contribution in [2.45, 2.75) is 44.3 Å². The van der Waals surface area contributed by atoms with Gasteiger partial charge in [-0.25, -0.2) is 18.2 Å². The van der Waals surface area contributed by atoms with Crippen LogP contribution in [0, 0.1) is 28.4 Å². The fraction of sp³-hybridized carbons (Fsp3) is 0.385. The molecule has 18 heteroatoms. The molecule has 5 heterocycles. The number of ether oxygens (including phenoxy) is 2. The molecule has 3 aromatic heterocycles. The second kappa shape index (κ2) is 14.8. The number of benzene rings is 2. The lowest BCUT2D eigenvalue weighted by molar-refractivity contribution is -0.138. The minimum Gasteiger partial charge on any atom is -0.490 e. The minimum absolute atomic E-state index is 0.0395. The van der Waals surface area contributed by atoms with Crippen LogP contribution in [-0.2, 0) is 6.18 Å². The summed E-state index contributed by atoms with van der Waals surface area (Å²) in [4.78, 5) is 17.2. The van der Waals surface area contributed by atoms with Gasteiger partial charge in [-0.05, 0) is 61.9 Å². The first-order valence-corrected chi connectivity index (χ1v) is 19.2. The van der Waals surface area contributed by atoms with Crippen LogP contribution in [0.3, 0.4) is 0 Å². The summed E-state index contributed by atoms with van der Waals surface area (Å²) in [5.41, 5.74) is 15.7. The first-order chi connectivity index (χ1) is 27.4. The molecule has 0 bridgehead atoms. The molecule has 2 fully saturated rings. The quantitative estimate of drug-likeness (QED) is 0.119. The van der Waals surface area contributed by atoms with Gasteiger partial charge in [0.2, 0.25) is 0 Å². The summed E-state index contributed by atoms with van der Waals surface area (Å²) in [7, 11) is 0. The summed E-state index contributed by atoms with van der Waals surface area (Å²) < 4.78 is 105. The number of thiophene rings is 1. The summed E-state index contributed by atoms with van der Waals surface area (Å²) in [5, 5.41) is 9.20. The Morgan fingerprint density at radius 3 is 2.53 bits per heavy atom. The highest BCUT2D eigenvalue weighted by Crippen LogP contribution is 2.54. The average Bonchev–Trinajstić information content (AvgIpc) is 3.91. The van der Waals surface area contributed by atoms with E-state index >= 15 is 22.0 Å². The largest absolute Gasteiger partial charge is 0.490 e. The van der Waals surface area contributed by atoms with Crippen molar-refractivity contribution in [3.05, 3.63) is 70.7 Å². The fourth-order valence-corrected chi connectivity index (χ4v) is 8.99. The van der Waals surface area contributed by atoms with Crippen LogP contribution in [0.2, 0.25) is 0 Å². The smallest absolute Gasteiger partial charge is 0.420 e. The van der Waals surface area contributed by atoms with E-state index in [0.29, 0.717) is 55.7 Å². The normalized spacial score (nSPS) is 17.3. The van der Waals surface area contributed by atoms with Gasteiger partial charge in [0, 0.05) is 47.8 Å². The van der Waals surface area contributed by atoms with Crippen LogP contribution in [0.15, 0.2) is 42.4 Å². The second-order valence-electron chi connectivity index (χ2n) is 14.6. The van der Waals surface area contributed by atoms with Gasteiger partial charge in [-0.1, -0.05) is 12.1 Å². The summed E-state index contributed by atoms with van der Waals surface area (Å²) in [6.07, 6.45) is 0.0441. The van der Waals surface area contributed by atoms with Gasteiger partial charge < -0.3 is 36.5 Å². The predicted octanol–water partition coefficient (Wildman–Crippen LogP) is 7.64. The number of fused-ring (bicyclic) bond motifs is 1. The Balaban J connectivity index is 1.34. The number of alkyl halides is 3. The zero-order valence-corrected chi connectivity index (χ0v) is 31.3. The summed E-state index contributed by atoms with van der Waals surface area (Å²) >= 11 is 0.671. The molecule has 0 amide bonds. The molecule has 2 aromatic carbocycles. The molecule has 5 aromatic rings. The van der Waals surface area contributed by atoms with Gasteiger partial charge in [-0.3, -0.25) is 0 Å². The standard InChI is InChI=1S/C39H37F6N9O2S/c40-16-20-6-12-53(13-7-20)18-38(8-9-38)19-56-37-51-31-28-32(55-15-14-54(36(28)52-37)25(5-10-46)21-2-1-11-50-34(21)48)29(39(43,44)45)27(30(31)42)22-3-4-24(41)33-26(22)23(17-47)35(49)57-33/h1-4,11,16,25H,5-10,12-15,18-19,46,49H2,(H2,48,50). The molecule has 0 radical (unpaired) electrons.